The highest BCUT2D eigenvalue weighted by molar-refractivity contribution is 6.23. The normalized spacial score (nSPS) is 13.1. The Kier molecular flexibility index (Phi) is 7.00. The van der Waals surface area contributed by atoms with Crippen LogP contribution >= 0.6 is 0 Å². The zero-order valence-corrected chi connectivity index (χ0v) is 31.0. The summed E-state index contributed by atoms with van der Waals surface area (Å²) in [5.41, 5.74) is 15.5. The van der Waals surface area contributed by atoms with Gasteiger partial charge in [0, 0.05) is 5.41 Å². The van der Waals surface area contributed by atoms with Crippen molar-refractivity contribution in [2.45, 2.75) is 19.3 Å². The molecule has 0 spiro atoms. The standard InChI is InChI=1S/C55H38/c1-55(2)50-32-31-39(34-49(50)54-41-18-6-4-15-37(41)30-33-51(54)55)35-26-28-38(29-27-35)52-45-21-9-11-23-47(45)53(48-24-12-10-22-46(48)52)44-20-8-7-19-43(44)42-25-13-16-36-14-3-5-17-40(36)42/h3-34H,1-2H3. The van der Waals surface area contributed by atoms with E-state index in [1.807, 2.05) is 0 Å². The second-order valence-electron chi connectivity index (χ2n) is 15.6. The molecule has 10 aromatic rings. The summed E-state index contributed by atoms with van der Waals surface area (Å²) < 4.78 is 0. The van der Waals surface area contributed by atoms with E-state index in [0.29, 0.717) is 0 Å². The van der Waals surface area contributed by atoms with E-state index in [1.54, 1.807) is 0 Å². The minimum Gasteiger partial charge on any atom is -0.0616 e. The van der Waals surface area contributed by atoms with Gasteiger partial charge in [0.25, 0.3) is 0 Å². The lowest BCUT2D eigenvalue weighted by Crippen LogP contribution is -2.14. The van der Waals surface area contributed by atoms with Gasteiger partial charge in [-0.05, 0) is 116 Å². The highest BCUT2D eigenvalue weighted by atomic mass is 14.4. The van der Waals surface area contributed by atoms with Crippen LogP contribution in [0.25, 0.3) is 98.7 Å². The van der Waals surface area contributed by atoms with Crippen molar-refractivity contribution in [2.75, 3.05) is 0 Å². The van der Waals surface area contributed by atoms with Crippen LogP contribution in [0.15, 0.2) is 194 Å². The van der Waals surface area contributed by atoms with Crippen LogP contribution < -0.4 is 0 Å². The number of hydrogen-bond donors (Lipinski definition) is 0. The van der Waals surface area contributed by atoms with E-state index in [2.05, 4.69) is 208 Å². The molecule has 1 aliphatic rings. The number of benzene rings is 10. The lowest BCUT2D eigenvalue weighted by molar-refractivity contribution is 0.661. The summed E-state index contributed by atoms with van der Waals surface area (Å²) in [6, 6.07) is 72.1. The van der Waals surface area contributed by atoms with Gasteiger partial charge in [0.05, 0.1) is 0 Å². The average Bonchev–Trinajstić information content (AvgIpc) is 3.48. The Bertz CT molecular complexity index is 3100. The lowest BCUT2D eigenvalue weighted by Gasteiger charge is -2.21. The Labute approximate surface area is 322 Å². The highest BCUT2D eigenvalue weighted by Gasteiger charge is 2.36. The Balaban J connectivity index is 1.07. The van der Waals surface area contributed by atoms with Gasteiger partial charge in [-0.2, -0.15) is 0 Å². The first-order chi connectivity index (χ1) is 27.1. The molecule has 0 radical (unpaired) electrons. The summed E-state index contributed by atoms with van der Waals surface area (Å²) in [5.74, 6) is 0. The minimum atomic E-state index is -0.0409. The molecule has 0 aromatic heterocycles. The van der Waals surface area contributed by atoms with Gasteiger partial charge in [0.1, 0.15) is 0 Å². The maximum atomic E-state index is 2.43. The van der Waals surface area contributed by atoms with E-state index in [-0.39, 0.29) is 5.41 Å². The van der Waals surface area contributed by atoms with E-state index in [1.165, 1.54) is 110 Å². The molecule has 0 saturated heterocycles. The number of hydrogen-bond acceptors (Lipinski definition) is 0. The fourth-order valence-electron chi connectivity index (χ4n) is 9.66. The molecule has 0 nitrogen and oxygen atoms in total. The fraction of sp³-hybridized carbons (Fsp3) is 0.0545. The molecular formula is C55H38. The zero-order valence-electron chi connectivity index (χ0n) is 31.0. The van der Waals surface area contributed by atoms with Crippen LogP contribution in [0.1, 0.15) is 25.0 Å². The molecule has 55 heavy (non-hydrogen) atoms. The largest absolute Gasteiger partial charge is 0.0616 e. The van der Waals surface area contributed by atoms with Crippen LogP contribution in [0.5, 0.6) is 0 Å². The first-order valence-corrected chi connectivity index (χ1v) is 19.4. The molecule has 0 bridgehead atoms. The van der Waals surface area contributed by atoms with Gasteiger partial charge in [-0.1, -0.05) is 202 Å². The second kappa shape index (κ2) is 12.1. The van der Waals surface area contributed by atoms with E-state index >= 15 is 0 Å². The SMILES string of the molecule is CC1(C)c2ccc(-c3ccc(-c4c5ccccc5c(-c5ccccc5-c5cccc6ccccc56)c5ccccc45)cc3)cc2-c2c1ccc1ccccc21. The van der Waals surface area contributed by atoms with Crippen LogP contribution in [-0.4, -0.2) is 0 Å². The van der Waals surface area contributed by atoms with E-state index < -0.39 is 0 Å². The summed E-state index contributed by atoms with van der Waals surface area (Å²) in [6.07, 6.45) is 0. The van der Waals surface area contributed by atoms with Crippen molar-refractivity contribution in [3.05, 3.63) is 205 Å². The smallest absolute Gasteiger partial charge is 0.0159 e. The van der Waals surface area contributed by atoms with Crippen molar-refractivity contribution in [2.24, 2.45) is 0 Å². The zero-order chi connectivity index (χ0) is 36.7. The predicted octanol–water partition coefficient (Wildman–Crippen LogP) is 15.3. The van der Waals surface area contributed by atoms with E-state index in [0.717, 1.165) is 0 Å². The Morgan fingerprint density at radius 1 is 0.273 bits per heavy atom. The third-order valence-electron chi connectivity index (χ3n) is 12.3. The lowest BCUT2D eigenvalue weighted by atomic mass is 9.81. The summed E-state index contributed by atoms with van der Waals surface area (Å²) in [5, 5.41) is 10.2. The summed E-state index contributed by atoms with van der Waals surface area (Å²) >= 11 is 0. The topological polar surface area (TPSA) is 0 Å². The average molecular weight is 699 g/mol. The van der Waals surface area contributed by atoms with Crippen molar-refractivity contribution in [1.82, 2.24) is 0 Å². The van der Waals surface area contributed by atoms with Crippen LogP contribution in [-0.2, 0) is 5.41 Å². The first kappa shape index (κ1) is 31.7. The molecule has 0 aliphatic heterocycles. The van der Waals surface area contributed by atoms with Gasteiger partial charge in [0.2, 0.25) is 0 Å². The van der Waals surface area contributed by atoms with Crippen LogP contribution in [0.2, 0.25) is 0 Å². The monoisotopic (exact) mass is 698 g/mol. The molecular weight excluding hydrogens is 661 g/mol. The third kappa shape index (κ3) is 4.78. The van der Waals surface area contributed by atoms with Crippen molar-refractivity contribution >= 4 is 43.1 Å². The van der Waals surface area contributed by atoms with Crippen molar-refractivity contribution in [3.63, 3.8) is 0 Å². The minimum absolute atomic E-state index is 0.0409. The first-order valence-electron chi connectivity index (χ1n) is 19.4. The van der Waals surface area contributed by atoms with Gasteiger partial charge < -0.3 is 0 Å². The molecule has 0 heteroatoms. The molecule has 0 unspecified atom stereocenters. The molecule has 0 saturated carbocycles. The van der Waals surface area contributed by atoms with E-state index in [4.69, 9.17) is 0 Å². The van der Waals surface area contributed by atoms with Crippen molar-refractivity contribution in [3.8, 4) is 55.6 Å². The summed E-state index contributed by atoms with van der Waals surface area (Å²) in [4.78, 5) is 0. The van der Waals surface area contributed by atoms with Gasteiger partial charge in [-0.3, -0.25) is 0 Å². The number of rotatable bonds is 4. The Morgan fingerprint density at radius 3 is 1.44 bits per heavy atom. The van der Waals surface area contributed by atoms with Crippen molar-refractivity contribution < 1.29 is 0 Å². The molecule has 0 atom stereocenters. The molecule has 258 valence electrons. The maximum absolute atomic E-state index is 2.43. The molecule has 1 aliphatic carbocycles. The van der Waals surface area contributed by atoms with Crippen LogP contribution in [0, 0.1) is 0 Å². The fourth-order valence-corrected chi connectivity index (χ4v) is 9.66. The van der Waals surface area contributed by atoms with E-state index in [9.17, 15) is 0 Å². The summed E-state index contributed by atoms with van der Waals surface area (Å²) in [7, 11) is 0. The third-order valence-corrected chi connectivity index (χ3v) is 12.3. The molecule has 10 aromatic carbocycles. The van der Waals surface area contributed by atoms with Gasteiger partial charge in [-0.15, -0.1) is 0 Å². The predicted molar refractivity (Wildman–Crippen MR) is 236 cm³/mol. The molecule has 0 N–H and O–H groups in total. The molecule has 11 rings (SSSR count). The Hall–Kier alpha value is -6.76. The van der Waals surface area contributed by atoms with Crippen molar-refractivity contribution in [1.29, 1.82) is 0 Å². The Morgan fingerprint density at radius 2 is 0.745 bits per heavy atom. The van der Waals surface area contributed by atoms with Gasteiger partial charge >= 0.3 is 0 Å². The summed E-state index contributed by atoms with van der Waals surface area (Å²) in [6.45, 7) is 4.73. The second-order valence-corrected chi connectivity index (χ2v) is 15.6. The molecule has 0 fully saturated rings. The molecule has 0 amide bonds. The molecule has 0 heterocycles. The highest BCUT2D eigenvalue weighted by Crippen LogP contribution is 2.52. The van der Waals surface area contributed by atoms with Gasteiger partial charge in [-0.25, -0.2) is 0 Å². The quantitative estimate of drug-likeness (QED) is 0.161. The van der Waals surface area contributed by atoms with Crippen LogP contribution in [0.3, 0.4) is 0 Å². The number of fused-ring (bicyclic) bond motifs is 8. The van der Waals surface area contributed by atoms with Crippen LogP contribution in [0.4, 0.5) is 0 Å². The van der Waals surface area contributed by atoms with Gasteiger partial charge in [0.15, 0.2) is 0 Å². The maximum Gasteiger partial charge on any atom is 0.0159 e.